The number of nitrogens with one attached hydrogen (secondary N) is 1. The molecule has 12 heteroatoms. The number of amides is 1. The number of aromatic nitrogens is 1. The number of carbonyl (C=O) groups excluding carboxylic acids is 1. The van der Waals surface area contributed by atoms with Crippen LogP contribution in [0.25, 0.3) is 0 Å². The van der Waals surface area contributed by atoms with Gasteiger partial charge in [-0.25, -0.2) is 0 Å². The van der Waals surface area contributed by atoms with Crippen LogP contribution in [0.4, 0.5) is 24.7 Å². The van der Waals surface area contributed by atoms with Crippen LogP contribution >= 0.6 is 0 Å². The lowest BCUT2D eigenvalue weighted by Crippen LogP contribution is -2.40. The van der Waals surface area contributed by atoms with Crippen LogP contribution in [-0.4, -0.2) is 46.4 Å². The molecule has 1 aromatic rings. The fourth-order valence-corrected chi connectivity index (χ4v) is 2.89. The van der Waals surface area contributed by atoms with E-state index in [4.69, 9.17) is 15.6 Å². The number of anilines is 1. The third-order valence-corrected chi connectivity index (χ3v) is 4.29. The largest absolute Gasteiger partial charge is 0.475 e. The maximum absolute atomic E-state index is 12.7. The molecule has 0 saturated heterocycles. The number of nitrogens with two attached hydrogens (primary N) is 1. The van der Waals surface area contributed by atoms with Crippen molar-refractivity contribution in [2.75, 3.05) is 18.9 Å². The fourth-order valence-electron chi connectivity index (χ4n) is 2.89. The third kappa shape index (κ3) is 5.18. The van der Waals surface area contributed by atoms with Gasteiger partial charge in [-0.3, -0.25) is 14.9 Å². The van der Waals surface area contributed by atoms with Crippen molar-refractivity contribution in [1.82, 2.24) is 10.3 Å². The van der Waals surface area contributed by atoms with E-state index in [0.717, 1.165) is 6.07 Å². The summed E-state index contributed by atoms with van der Waals surface area (Å²) in [5.74, 6) is -2.92. The van der Waals surface area contributed by atoms with Crippen LogP contribution < -0.4 is 15.8 Å². The predicted octanol–water partition coefficient (Wildman–Crippen LogP) is 1.79. The lowest BCUT2D eigenvalue weighted by Gasteiger charge is -2.30. The molecule has 27 heavy (non-hydrogen) atoms. The molecule has 4 N–H and O–H groups in total. The summed E-state index contributed by atoms with van der Waals surface area (Å²) >= 11 is 0. The first-order valence-electron chi connectivity index (χ1n) is 8.19. The molecule has 1 saturated carbocycles. The molecule has 2 rings (SSSR count). The van der Waals surface area contributed by atoms with Crippen LogP contribution in [0.1, 0.15) is 36.0 Å². The van der Waals surface area contributed by atoms with Gasteiger partial charge in [0.2, 0.25) is 11.7 Å². The molecular formula is C15H19F3N4O5. The maximum Gasteiger partial charge on any atom is 0.391 e. The molecule has 1 aromatic heterocycles. The van der Waals surface area contributed by atoms with Crippen molar-refractivity contribution in [3.63, 3.8) is 0 Å². The Morgan fingerprint density at radius 3 is 2.56 bits per heavy atom. The van der Waals surface area contributed by atoms with Gasteiger partial charge >= 0.3 is 11.9 Å². The number of nitrogen functional groups attached to an aromatic ring is 1. The van der Waals surface area contributed by atoms with Crippen LogP contribution in [0.3, 0.4) is 0 Å². The molecule has 1 fully saturated rings. The molecule has 0 radical (unpaired) electrons. The molecular weight excluding hydrogens is 373 g/mol. The maximum atomic E-state index is 12.7. The van der Waals surface area contributed by atoms with E-state index in [1.807, 2.05) is 0 Å². The number of nitrogens with zero attached hydrogens (tertiary/aromatic N) is 2. The van der Waals surface area contributed by atoms with E-state index in [0.29, 0.717) is 0 Å². The second kappa shape index (κ2) is 8.37. The van der Waals surface area contributed by atoms with Gasteiger partial charge in [0.15, 0.2) is 0 Å². The highest BCUT2D eigenvalue weighted by Crippen LogP contribution is 2.37. The summed E-state index contributed by atoms with van der Waals surface area (Å²) in [6.07, 6.45) is -4.22. The van der Waals surface area contributed by atoms with Crippen molar-refractivity contribution in [2.45, 2.75) is 37.9 Å². The number of nitro groups is 1. The van der Waals surface area contributed by atoms with E-state index < -0.39 is 40.5 Å². The Morgan fingerprint density at radius 1 is 1.41 bits per heavy atom. The standard InChI is InChI=1S/C15H19F3N4O5/c16-15(17,18)8-1-3-9(4-2-8)20-13(24)10-7-11(22(25)26)12(19)21-14(10)27-6-5-23/h7-9,23H,1-6H2,(H2,19,21)(H,20,24). The van der Waals surface area contributed by atoms with Gasteiger partial charge in [0.1, 0.15) is 12.2 Å². The Kier molecular flexibility index (Phi) is 6.41. The summed E-state index contributed by atoms with van der Waals surface area (Å²) in [7, 11) is 0. The van der Waals surface area contributed by atoms with Crippen LogP contribution in [0.2, 0.25) is 0 Å². The van der Waals surface area contributed by atoms with Crippen molar-refractivity contribution >= 4 is 17.4 Å². The molecule has 0 unspecified atom stereocenters. The minimum Gasteiger partial charge on any atom is -0.475 e. The molecule has 9 nitrogen and oxygen atoms in total. The number of carbonyl (C=O) groups is 1. The van der Waals surface area contributed by atoms with Crippen molar-refractivity contribution < 1.29 is 32.7 Å². The van der Waals surface area contributed by atoms with Gasteiger partial charge in [-0.05, 0) is 25.7 Å². The van der Waals surface area contributed by atoms with Crippen molar-refractivity contribution in [3.05, 3.63) is 21.7 Å². The SMILES string of the molecule is Nc1nc(OCCO)c(C(=O)NC2CCC(C(F)(F)F)CC2)cc1[N+](=O)[O-]. The number of halogens is 3. The van der Waals surface area contributed by atoms with Gasteiger partial charge in [-0.1, -0.05) is 0 Å². The molecule has 1 amide bonds. The van der Waals surface area contributed by atoms with Crippen molar-refractivity contribution in [1.29, 1.82) is 0 Å². The number of hydrogen-bond acceptors (Lipinski definition) is 7. The highest BCUT2D eigenvalue weighted by molar-refractivity contribution is 5.97. The summed E-state index contributed by atoms with van der Waals surface area (Å²) in [5, 5.41) is 22.4. The average Bonchev–Trinajstić information content (AvgIpc) is 2.59. The molecule has 0 aromatic carbocycles. The monoisotopic (exact) mass is 392 g/mol. The van der Waals surface area contributed by atoms with Gasteiger partial charge in [0, 0.05) is 12.1 Å². The zero-order valence-corrected chi connectivity index (χ0v) is 14.2. The van der Waals surface area contributed by atoms with Gasteiger partial charge in [0.05, 0.1) is 17.4 Å². The first-order chi connectivity index (χ1) is 12.6. The Morgan fingerprint density at radius 2 is 2.04 bits per heavy atom. The molecule has 1 aliphatic rings. The number of alkyl halides is 3. The lowest BCUT2D eigenvalue weighted by atomic mass is 9.85. The number of ether oxygens (including phenoxy) is 1. The zero-order chi connectivity index (χ0) is 20.2. The summed E-state index contributed by atoms with van der Waals surface area (Å²) in [6, 6.07) is 0.393. The average molecular weight is 392 g/mol. The van der Waals surface area contributed by atoms with Crippen molar-refractivity contribution in [2.24, 2.45) is 5.92 Å². The topological polar surface area (TPSA) is 141 Å². The zero-order valence-electron chi connectivity index (χ0n) is 14.2. The van der Waals surface area contributed by atoms with Crippen LogP contribution in [-0.2, 0) is 0 Å². The summed E-state index contributed by atoms with van der Waals surface area (Å²) < 4.78 is 43.3. The number of pyridine rings is 1. The van der Waals surface area contributed by atoms with E-state index in [2.05, 4.69) is 10.3 Å². The molecule has 1 heterocycles. The summed E-state index contributed by atoms with van der Waals surface area (Å²) in [6.45, 7) is -0.609. The van der Waals surface area contributed by atoms with Crippen LogP contribution in [0.5, 0.6) is 5.88 Å². The minimum atomic E-state index is -4.26. The number of hydrogen-bond donors (Lipinski definition) is 3. The van der Waals surface area contributed by atoms with E-state index in [1.165, 1.54) is 0 Å². The van der Waals surface area contributed by atoms with Gasteiger partial charge in [-0.15, -0.1) is 0 Å². The Hall–Kier alpha value is -2.63. The highest BCUT2D eigenvalue weighted by atomic mass is 19.4. The van der Waals surface area contributed by atoms with E-state index in [-0.39, 0.29) is 50.3 Å². The predicted molar refractivity (Wildman–Crippen MR) is 87.2 cm³/mol. The van der Waals surface area contributed by atoms with Crippen molar-refractivity contribution in [3.8, 4) is 5.88 Å². The summed E-state index contributed by atoms with van der Waals surface area (Å²) in [4.78, 5) is 26.4. The van der Waals surface area contributed by atoms with Gasteiger partial charge in [-0.2, -0.15) is 18.2 Å². The fraction of sp³-hybridized carbons (Fsp3) is 0.600. The van der Waals surface area contributed by atoms with Gasteiger partial charge in [0.25, 0.3) is 5.91 Å². The van der Waals surface area contributed by atoms with Crippen LogP contribution in [0, 0.1) is 16.0 Å². The minimum absolute atomic E-state index is 0.109. The van der Waals surface area contributed by atoms with Crippen LogP contribution in [0.15, 0.2) is 6.07 Å². The smallest absolute Gasteiger partial charge is 0.391 e. The second-order valence-corrected chi connectivity index (χ2v) is 6.14. The molecule has 0 aliphatic heterocycles. The molecule has 0 bridgehead atoms. The number of rotatable bonds is 6. The van der Waals surface area contributed by atoms with E-state index >= 15 is 0 Å². The quantitative estimate of drug-likeness (QED) is 0.495. The number of aliphatic hydroxyl groups is 1. The summed E-state index contributed by atoms with van der Waals surface area (Å²) in [5.41, 5.74) is 4.59. The molecule has 1 aliphatic carbocycles. The Balaban J connectivity index is 2.15. The first-order valence-corrected chi connectivity index (χ1v) is 8.19. The Labute approximate surface area is 151 Å². The second-order valence-electron chi connectivity index (χ2n) is 6.14. The molecule has 0 atom stereocenters. The Bertz CT molecular complexity index is 705. The highest BCUT2D eigenvalue weighted by Gasteiger charge is 2.41. The third-order valence-electron chi connectivity index (χ3n) is 4.29. The molecule has 0 spiro atoms. The van der Waals surface area contributed by atoms with E-state index in [1.54, 1.807) is 0 Å². The number of aliphatic hydroxyl groups excluding tert-OH is 1. The molecule has 150 valence electrons. The first kappa shape index (κ1) is 20.7. The lowest BCUT2D eigenvalue weighted by molar-refractivity contribution is -0.384. The van der Waals surface area contributed by atoms with Gasteiger partial charge < -0.3 is 20.9 Å². The van der Waals surface area contributed by atoms with E-state index in [9.17, 15) is 28.1 Å². The normalized spacial score (nSPS) is 20.1.